The normalized spacial score (nSPS) is 11.0. The number of benzene rings is 3. The molecule has 0 fully saturated rings. The van der Waals surface area contributed by atoms with E-state index < -0.39 is 0 Å². The van der Waals surface area contributed by atoms with Gasteiger partial charge in [-0.2, -0.15) is 0 Å². The van der Waals surface area contributed by atoms with Crippen LogP contribution in [-0.2, 0) is 0 Å². The number of nitrogens with one attached hydrogen (secondary N) is 1. The van der Waals surface area contributed by atoms with E-state index in [1.54, 1.807) is 12.1 Å². The lowest BCUT2D eigenvalue weighted by molar-refractivity contribution is 0.102. The maximum Gasteiger partial charge on any atom is 0.255 e. The number of fused-ring (bicyclic) bond motifs is 1. The lowest BCUT2D eigenvalue weighted by Crippen LogP contribution is -2.12. The van der Waals surface area contributed by atoms with Gasteiger partial charge in [-0.05, 0) is 74.9 Å². The molecule has 0 saturated carbocycles. The Balaban J connectivity index is 1.56. The number of oxazole rings is 1. The van der Waals surface area contributed by atoms with Crippen LogP contribution >= 0.6 is 0 Å². The summed E-state index contributed by atoms with van der Waals surface area (Å²) in [5, 5.41) is 2.93. The molecule has 0 aliphatic rings. The first-order chi connectivity index (χ1) is 14.0. The first-order valence-electron chi connectivity index (χ1n) is 9.53. The summed E-state index contributed by atoms with van der Waals surface area (Å²) in [4.78, 5) is 17.2. The van der Waals surface area contributed by atoms with Crippen molar-refractivity contribution in [1.82, 2.24) is 4.98 Å². The van der Waals surface area contributed by atoms with E-state index in [2.05, 4.69) is 10.3 Å². The van der Waals surface area contributed by atoms with Gasteiger partial charge in [0.25, 0.3) is 5.91 Å². The minimum Gasteiger partial charge on any atom is -0.491 e. The van der Waals surface area contributed by atoms with Gasteiger partial charge in [0.15, 0.2) is 5.58 Å². The number of aryl methyl sites for hydroxylation is 1. The first kappa shape index (κ1) is 18.7. The number of hydrogen-bond acceptors (Lipinski definition) is 4. The number of amides is 1. The van der Waals surface area contributed by atoms with Gasteiger partial charge in [0.05, 0.1) is 6.10 Å². The Morgan fingerprint density at radius 3 is 2.69 bits per heavy atom. The predicted molar refractivity (Wildman–Crippen MR) is 114 cm³/mol. The Kier molecular flexibility index (Phi) is 5.04. The van der Waals surface area contributed by atoms with E-state index in [0.29, 0.717) is 22.9 Å². The predicted octanol–water partition coefficient (Wildman–Crippen LogP) is 5.84. The van der Waals surface area contributed by atoms with E-state index in [-0.39, 0.29) is 12.0 Å². The molecule has 146 valence electrons. The van der Waals surface area contributed by atoms with Gasteiger partial charge in [-0.1, -0.05) is 18.2 Å². The Morgan fingerprint density at radius 2 is 1.86 bits per heavy atom. The summed E-state index contributed by atoms with van der Waals surface area (Å²) in [6, 6.07) is 20.5. The van der Waals surface area contributed by atoms with Crippen molar-refractivity contribution in [3.63, 3.8) is 0 Å². The zero-order valence-corrected chi connectivity index (χ0v) is 16.6. The van der Waals surface area contributed by atoms with Crippen LogP contribution in [0.3, 0.4) is 0 Å². The second-order valence-corrected chi connectivity index (χ2v) is 7.22. The quantitative estimate of drug-likeness (QED) is 0.468. The summed E-state index contributed by atoms with van der Waals surface area (Å²) in [6.07, 6.45) is 0.0464. The standard InChI is InChI=1S/C24H22N2O3/c1-15(2)28-20-9-5-6-17(14-20)23(27)25-19-8-4-7-18(13-19)24-26-21-12-16(3)10-11-22(21)29-24/h4-15H,1-3H3,(H,25,27). The van der Waals surface area contributed by atoms with Crippen LogP contribution in [0.1, 0.15) is 29.8 Å². The van der Waals surface area contributed by atoms with Gasteiger partial charge in [0.1, 0.15) is 11.3 Å². The monoisotopic (exact) mass is 386 g/mol. The summed E-state index contributed by atoms with van der Waals surface area (Å²) in [7, 11) is 0. The number of aromatic nitrogens is 1. The Bertz CT molecular complexity index is 1180. The second kappa shape index (κ2) is 7.80. The van der Waals surface area contributed by atoms with E-state index in [1.807, 2.05) is 75.4 Å². The molecule has 5 heteroatoms. The maximum atomic E-state index is 12.7. The zero-order chi connectivity index (χ0) is 20.4. The Morgan fingerprint density at radius 1 is 1.03 bits per heavy atom. The van der Waals surface area contributed by atoms with Crippen molar-refractivity contribution in [2.45, 2.75) is 26.9 Å². The molecule has 0 saturated heterocycles. The SMILES string of the molecule is Cc1ccc2oc(-c3cccc(NC(=O)c4cccc(OC(C)C)c4)c3)nc2c1. The highest BCUT2D eigenvalue weighted by Crippen LogP contribution is 2.27. The minimum atomic E-state index is -0.204. The van der Waals surface area contributed by atoms with E-state index in [0.717, 1.165) is 22.2 Å². The average Bonchev–Trinajstić information content (AvgIpc) is 3.11. The average molecular weight is 386 g/mol. The number of carbonyl (C=O) groups excluding carboxylic acids is 1. The van der Waals surface area contributed by atoms with Crippen LogP contribution in [0.4, 0.5) is 5.69 Å². The van der Waals surface area contributed by atoms with Crippen LogP contribution in [0, 0.1) is 6.92 Å². The van der Waals surface area contributed by atoms with Gasteiger partial charge < -0.3 is 14.5 Å². The molecule has 29 heavy (non-hydrogen) atoms. The molecule has 4 rings (SSSR count). The van der Waals surface area contributed by atoms with Crippen molar-refractivity contribution >= 4 is 22.7 Å². The Labute approximate surface area is 169 Å². The van der Waals surface area contributed by atoms with Crippen LogP contribution in [0.2, 0.25) is 0 Å². The number of nitrogens with zero attached hydrogens (tertiary/aromatic N) is 1. The van der Waals surface area contributed by atoms with Crippen molar-refractivity contribution in [1.29, 1.82) is 0 Å². The number of rotatable bonds is 5. The summed E-state index contributed by atoms with van der Waals surface area (Å²) in [6.45, 7) is 5.92. The highest BCUT2D eigenvalue weighted by atomic mass is 16.5. The molecule has 0 atom stereocenters. The molecule has 0 radical (unpaired) electrons. The van der Waals surface area contributed by atoms with Crippen LogP contribution in [-0.4, -0.2) is 17.0 Å². The summed E-state index contributed by atoms with van der Waals surface area (Å²) in [5.41, 5.74) is 4.68. The van der Waals surface area contributed by atoms with Crippen LogP contribution < -0.4 is 10.1 Å². The molecule has 1 heterocycles. The van der Waals surface area contributed by atoms with Crippen LogP contribution in [0.5, 0.6) is 5.75 Å². The third-order valence-corrected chi connectivity index (χ3v) is 4.38. The van der Waals surface area contributed by atoms with E-state index in [4.69, 9.17) is 9.15 Å². The molecule has 1 aromatic heterocycles. The Hall–Kier alpha value is -3.60. The minimum absolute atomic E-state index is 0.0464. The highest BCUT2D eigenvalue weighted by molar-refractivity contribution is 6.04. The van der Waals surface area contributed by atoms with E-state index >= 15 is 0 Å². The van der Waals surface area contributed by atoms with Crippen molar-refractivity contribution in [3.05, 3.63) is 77.9 Å². The highest BCUT2D eigenvalue weighted by Gasteiger charge is 2.11. The third kappa shape index (κ3) is 4.29. The zero-order valence-electron chi connectivity index (χ0n) is 16.6. The fourth-order valence-corrected chi connectivity index (χ4v) is 3.08. The fourth-order valence-electron chi connectivity index (χ4n) is 3.08. The second-order valence-electron chi connectivity index (χ2n) is 7.22. The van der Waals surface area contributed by atoms with Crippen molar-refractivity contribution in [3.8, 4) is 17.2 Å². The van der Waals surface area contributed by atoms with Crippen molar-refractivity contribution in [2.75, 3.05) is 5.32 Å². The van der Waals surface area contributed by atoms with E-state index in [1.165, 1.54) is 0 Å². The third-order valence-electron chi connectivity index (χ3n) is 4.38. The molecule has 0 aliphatic heterocycles. The molecule has 0 unspecified atom stereocenters. The van der Waals surface area contributed by atoms with Crippen LogP contribution in [0.25, 0.3) is 22.6 Å². The molecule has 0 aliphatic carbocycles. The van der Waals surface area contributed by atoms with E-state index in [9.17, 15) is 4.79 Å². The van der Waals surface area contributed by atoms with Gasteiger partial charge in [-0.15, -0.1) is 0 Å². The summed E-state index contributed by atoms with van der Waals surface area (Å²) >= 11 is 0. The molecule has 0 bridgehead atoms. The van der Waals surface area contributed by atoms with Crippen LogP contribution in [0.15, 0.2) is 71.1 Å². The van der Waals surface area contributed by atoms with Gasteiger partial charge in [0, 0.05) is 16.8 Å². The fraction of sp³-hybridized carbons (Fsp3) is 0.167. The molecule has 1 amide bonds. The van der Waals surface area contributed by atoms with Crippen molar-refractivity contribution < 1.29 is 13.9 Å². The number of carbonyl (C=O) groups is 1. The first-order valence-corrected chi connectivity index (χ1v) is 9.53. The molecular weight excluding hydrogens is 364 g/mol. The molecular formula is C24H22N2O3. The maximum absolute atomic E-state index is 12.7. The largest absolute Gasteiger partial charge is 0.491 e. The summed E-state index contributed by atoms with van der Waals surface area (Å²) in [5.74, 6) is 0.988. The number of hydrogen-bond donors (Lipinski definition) is 1. The lowest BCUT2D eigenvalue weighted by atomic mass is 10.1. The van der Waals surface area contributed by atoms with Gasteiger partial charge in [-0.25, -0.2) is 4.98 Å². The van der Waals surface area contributed by atoms with Gasteiger partial charge in [0.2, 0.25) is 5.89 Å². The molecule has 0 spiro atoms. The van der Waals surface area contributed by atoms with Gasteiger partial charge in [-0.3, -0.25) is 4.79 Å². The number of anilines is 1. The van der Waals surface area contributed by atoms with Gasteiger partial charge >= 0.3 is 0 Å². The topological polar surface area (TPSA) is 64.4 Å². The lowest BCUT2D eigenvalue weighted by Gasteiger charge is -2.11. The molecule has 4 aromatic rings. The van der Waals surface area contributed by atoms with Crippen molar-refractivity contribution in [2.24, 2.45) is 0 Å². The molecule has 1 N–H and O–H groups in total. The smallest absolute Gasteiger partial charge is 0.255 e. The summed E-state index contributed by atoms with van der Waals surface area (Å²) < 4.78 is 11.5. The molecule has 3 aromatic carbocycles. The number of ether oxygens (including phenoxy) is 1. The molecule has 5 nitrogen and oxygen atoms in total.